The lowest BCUT2D eigenvalue weighted by molar-refractivity contribution is -0.136. The molecule has 0 saturated heterocycles. The number of hydrogen-bond acceptors (Lipinski definition) is 2. The van der Waals surface area contributed by atoms with Crippen molar-refractivity contribution in [2.45, 2.75) is 25.1 Å². The molecule has 96 valence electrons. The molecule has 0 aliphatic rings. The fourth-order valence-corrected chi connectivity index (χ4v) is 1.90. The Morgan fingerprint density at radius 2 is 1.89 bits per heavy atom. The summed E-state index contributed by atoms with van der Waals surface area (Å²) in [4.78, 5) is 4.19. The van der Waals surface area contributed by atoms with Crippen molar-refractivity contribution in [2.24, 2.45) is 5.73 Å². The molecule has 1 unspecified atom stereocenters. The Kier molecular flexibility index (Phi) is 3.52. The maximum Gasteiger partial charge on any atom is 0.389 e. The summed E-state index contributed by atoms with van der Waals surface area (Å²) in [6.45, 7) is 0. The first kappa shape index (κ1) is 12.8. The highest BCUT2D eigenvalue weighted by Crippen LogP contribution is 2.28. The molecule has 18 heavy (non-hydrogen) atoms. The van der Waals surface area contributed by atoms with E-state index >= 15 is 0 Å². The summed E-state index contributed by atoms with van der Waals surface area (Å²) in [5.74, 6) is 0. The van der Waals surface area contributed by atoms with Gasteiger partial charge in [-0.15, -0.1) is 0 Å². The predicted octanol–water partition coefficient (Wildman–Crippen LogP) is 3.58. The Morgan fingerprint density at radius 1 is 1.17 bits per heavy atom. The molecular formula is C13H13F3N2. The van der Waals surface area contributed by atoms with E-state index in [1.165, 1.54) is 0 Å². The number of alkyl halides is 3. The smallest absolute Gasteiger partial charge is 0.324 e. The SMILES string of the molecule is NC(CCC(F)(F)F)c1cccc2cccnc12. The molecule has 2 nitrogen and oxygen atoms in total. The second-order valence-electron chi connectivity index (χ2n) is 4.18. The standard InChI is InChI=1S/C13H13F3N2/c14-13(15,16)7-6-11(17)10-5-1-3-9-4-2-8-18-12(9)10/h1-5,8,11H,6-7,17H2. The topological polar surface area (TPSA) is 38.9 Å². The number of pyridine rings is 1. The minimum absolute atomic E-state index is 0.126. The molecule has 0 radical (unpaired) electrons. The molecule has 1 aromatic carbocycles. The molecule has 0 bridgehead atoms. The highest BCUT2D eigenvalue weighted by Gasteiger charge is 2.28. The van der Waals surface area contributed by atoms with Gasteiger partial charge in [0.2, 0.25) is 0 Å². The summed E-state index contributed by atoms with van der Waals surface area (Å²) in [5, 5.41) is 0.887. The van der Waals surface area contributed by atoms with Crippen molar-refractivity contribution in [1.82, 2.24) is 4.98 Å². The summed E-state index contributed by atoms with van der Waals surface area (Å²) in [7, 11) is 0. The van der Waals surface area contributed by atoms with E-state index in [1.807, 2.05) is 12.1 Å². The predicted molar refractivity (Wildman–Crippen MR) is 64.0 cm³/mol. The van der Waals surface area contributed by atoms with Crippen molar-refractivity contribution in [3.05, 3.63) is 42.1 Å². The van der Waals surface area contributed by atoms with Crippen molar-refractivity contribution in [3.63, 3.8) is 0 Å². The van der Waals surface area contributed by atoms with Gasteiger partial charge in [0, 0.05) is 24.0 Å². The van der Waals surface area contributed by atoms with Crippen LogP contribution in [0.25, 0.3) is 10.9 Å². The molecule has 5 heteroatoms. The first-order chi connectivity index (χ1) is 8.47. The zero-order valence-electron chi connectivity index (χ0n) is 9.61. The number of aromatic nitrogens is 1. The molecule has 0 amide bonds. The van der Waals surface area contributed by atoms with E-state index in [9.17, 15) is 13.2 Å². The summed E-state index contributed by atoms with van der Waals surface area (Å²) >= 11 is 0. The molecule has 1 atom stereocenters. The van der Waals surface area contributed by atoms with Gasteiger partial charge in [0.1, 0.15) is 0 Å². The minimum Gasteiger partial charge on any atom is -0.324 e. The Balaban J connectivity index is 2.25. The van der Waals surface area contributed by atoms with Crippen LogP contribution in [-0.2, 0) is 0 Å². The zero-order chi connectivity index (χ0) is 13.2. The molecular weight excluding hydrogens is 241 g/mol. The van der Waals surface area contributed by atoms with Gasteiger partial charge in [-0.25, -0.2) is 0 Å². The lowest BCUT2D eigenvalue weighted by atomic mass is 9.99. The third kappa shape index (κ3) is 2.98. The molecule has 2 aromatic rings. The number of rotatable bonds is 3. The van der Waals surface area contributed by atoms with Crippen LogP contribution in [0, 0.1) is 0 Å². The van der Waals surface area contributed by atoms with E-state index in [2.05, 4.69) is 4.98 Å². The molecule has 1 heterocycles. The molecule has 0 saturated carbocycles. The molecule has 1 aromatic heterocycles. The third-order valence-corrected chi connectivity index (χ3v) is 2.80. The van der Waals surface area contributed by atoms with E-state index in [1.54, 1.807) is 24.4 Å². The van der Waals surface area contributed by atoms with Crippen LogP contribution in [0.15, 0.2) is 36.5 Å². The van der Waals surface area contributed by atoms with Crippen LogP contribution in [0.2, 0.25) is 0 Å². The van der Waals surface area contributed by atoms with Crippen LogP contribution in [-0.4, -0.2) is 11.2 Å². The first-order valence-corrected chi connectivity index (χ1v) is 5.63. The Labute approximate surface area is 103 Å². The van der Waals surface area contributed by atoms with Crippen molar-refractivity contribution in [3.8, 4) is 0 Å². The highest BCUT2D eigenvalue weighted by molar-refractivity contribution is 5.81. The third-order valence-electron chi connectivity index (χ3n) is 2.80. The number of hydrogen-bond donors (Lipinski definition) is 1. The van der Waals surface area contributed by atoms with Crippen molar-refractivity contribution >= 4 is 10.9 Å². The van der Waals surface area contributed by atoms with Crippen LogP contribution in [0.5, 0.6) is 0 Å². The van der Waals surface area contributed by atoms with Crippen molar-refractivity contribution < 1.29 is 13.2 Å². The fraction of sp³-hybridized carbons (Fsp3) is 0.308. The first-order valence-electron chi connectivity index (χ1n) is 5.63. The molecule has 2 N–H and O–H groups in total. The largest absolute Gasteiger partial charge is 0.389 e. The number of para-hydroxylation sites is 1. The van der Waals surface area contributed by atoms with Gasteiger partial charge in [-0.2, -0.15) is 13.2 Å². The normalized spacial score (nSPS) is 13.8. The maximum atomic E-state index is 12.2. The molecule has 0 spiro atoms. The Morgan fingerprint density at radius 3 is 2.61 bits per heavy atom. The van der Waals surface area contributed by atoms with Gasteiger partial charge < -0.3 is 5.73 Å². The van der Waals surface area contributed by atoms with Gasteiger partial charge >= 0.3 is 6.18 Å². The van der Waals surface area contributed by atoms with E-state index in [-0.39, 0.29) is 6.42 Å². The number of benzene rings is 1. The van der Waals surface area contributed by atoms with Gasteiger partial charge in [0.25, 0.3) is 0 Å². The van der Waals surface area contributed by atoms with E-state index in [0.29, 0.717) is 11.1 Å². The number of nitrogens with zero attached hydrogens (tertiary/aromatic N) is 1. The van der Waals surface area contributed by atoms with Crippen LogP contribution in [0.3, 0.4) is 0 Å². The van der Waals surface area contributed by atoms with Crippen LogP contribution < -0.4 is 5.73 Å². The van der Waals surface area contributed by atoms with Gasteiger partial charge in [-0.3, -0.25) is 4.98 Å². The lowest BCUT2D eigenvalue weighted by Crippen LogP contribution is -2.16. The summed E-state index contributed by atoms with van der Waals surface area (Å²) in [5.41, 5.74) is 7.17. The quantitative estimate of drug-likeness (QED) is 0.909. The molecule has 0 aliphatic heterocycles. The maximum absolute atomic E-state index is 12.2. The zero-order valence-corrected chi connectivity index (χ0v) is 9.61. The van der Waals surface area contributed by atoms with E-state index in [4.69, 9.17) is 5.73 Å². The highest BCUT2D eigenvalue weighted by atomic mass is 19.4. The van der Waals surface area contributed by atoms with Gasteiger partial charge in [-0.1, -0.05) is 24.3 Å². The monoisotopic (exact) mass is 254 g/mol. The number of halogens is 3. The van der Waals surface area contributed by atoms with Crippen molar-refractivity contribution in [1.29, 1.82) is 0 Å². The second-order valence-corrected chi connectivity index (χ2v) is 4.18. The van der Waals surface area contributed by atoms with Crippen LogP contribution in [0.1, 0.15) is 24.4 Å². The average molecular weight is 254 g/mol. The van der Waals surface area contributed by atoms with Crippen molar-refractivity contribution in [2.75, 3.05) is 0 Å². The molecule has 2 rings (SSSR count). The van der Waals surface area contributed by atoms with Gasteiger partial charge in [-0.05, 0) is 18.1 Å². The molecule has 0 aliphatic carbocycles. The van der Waals surface area contributed by atoms with Gasteiger partial charge in [0.15, 0.2) is 0 Å². The number of nitrogens with two attached hydrogens (primary N) is 1. The molecule has 0 fully saturated rings. The number of fused-ring (bicyclic) bond motifs is 1. The van der Waals surface area contributed by atoms with E-state index < -0.39 is 18.6 Å². The summed E-state index contributed by atoms with van der Waals surface area (Å²) in [6.07, 6.45) is -3.56. The second kappa shape index (κ2) is 4.94. The lowest BCUT2D eigenvalue weighted by Gasteiger charge is -2.15. The average Bonchev–Trinajstić information content (AvgIpc) is 2.34. The van der Waals surface area contributed by atoms with Crippen LogP contribution in [0.4, 0.5) is 13.2 Å². The Bertz CT molecular complexity index is 532. The Hall–Kier alpha value is -1.62. The van der Waals surface area contributed by atoms with E-state index in [0.717, 1.165) is 5.39 Å². The minimum atomic E-state index is -4.17. The summed E-state index contributed by atoms with van der Waals surface area (Å²) < 4.78 is 36.5. The fourth-order valence-electron chi connectivity index (χ4n) is 1.90. The van der Waals surface area contributed by atoms with Gasteiger partial charge in [0.05, 0.1) is 5.52 Å². The van der Waals surface area contributed by atoms with Crippen LogP contribution >= 0.6 is 0 Å². The summed E-state index contributed by atoms with van der Waals surface area (Å²) in [6, 6.07) is 8.38.